The summed E-state index contributed by atoms with van der Waals surface area (Å²) < 4.78 is 22.2. The van der Waals surface area contributed by atoms with E-state index in [0.717, 1.165) is 36.8 Å². The molecule has 0 aromatic heterocycles. The fourth-order valence-electron chi connectivity index (χ4n) is 4.61. The summed E-state index contributed by atoms with van der Waals surface area (Å²) in [6.45, 7) is 0.587. The van der Waals surface area contributed by atoms with Crippen LogP contribution < -0.4 is 19.5 Å². The Labute approximate surface area is 207 Å². The maximum absolute atomic E-state index is 13.1. The summed E-state index contributed by atoms with van der Waals surface area (Å²) in [5.74, 6) is 2.14. The van der Waals surface area contributed by atoms with Crippen LogP contribution in [0.3, 0.4) is 0 Å². The van der Waals surface area contributed by atoms with E-state index < -0.39 is 0 Å². The highest BCUT2D eigenvalue weighted by atomic mass is 16.7. The molecule has 1 fully saturated rings. The summed E-state index contributed by atoms with van der Waals surface area (Å²) in [4.78, 5) is 13.1. The number of carbonyl (C=O) groups excluding carboxylic acids is 1. The van der Waals surface area contributed by atoms with Gasteiger partial charge in [-0.15, -0.1) is 0 Å². The van der Waals surface area contributed by atoms with Crippen LogP contribution >= 0.6 is 0 Å². The van der Waals surface area contributed by atoms with Crippen LogP contribution in [0.15, 0.2) is 72.8 Å². The van der Waals surface area contributed by atoms with Crippen molar-refractivity contribution in [2.45, 2.75) is 44.2 Å². The Morgan fingerprint density at radius 2 is 1.69 bits per heavy atom. The molecule has 3 aromatic rings. The molecule has 1 aliphatic carbocycles. The lowest BCUT2D eigenvalue weighted by atomic mass is 9.79. The van der Waals surface area contributed by atoms with Crippen molar-refractivity contribution in [2.24, 2.45) is 0 Å². The number of rotatable bonds is 10. The predicted octanol–water partition coefficient (Wildman–Crippen LogP) is 5.71. The monoisotopic (exact) mass is 475 g/mol. The number of nitrogens with one attached hydrogen (secondary N) is 1. The second-order valence-corrected chi connectivity index (χ2v) is 8.71. The summed E-state index contributed by atoms with van der Waals surface area (Å²) in [6.07, 6.45) is 4.19. The third-order valence-corrected chi connectivity index (χ3v) is 6.43. The molecule has 0 spiro atoms. The maximum Gasteiger partial charge on any atom is 0.251 e. The number of hydrogen-bond donors (Lipinski definition) is 1. The zero-order valence-corrected chi connectivity index (χ0v) is 20.4. The molecule has 0 saturated heterocycles. The highest BCUT2D eigenvalue weighted by molar-refractivity contribution is 5.94. The molecule has 6 heteroatoms. The number of methoxy groups -OCH3 is 2. The first-order chi connectivity index (χ1) is 17.2. The highest BCUT2D eigenvalue weighted by Crippen LogP contribution is 2.37. The maximum atomic E-state index is 13.1. The van der Waals surface area contributed by atoms with Crippen molar-refractivity contribution in [1.29, 1.82) is 0 Å². The Hall–Kier alpha value is -3.51. The summed E-state index contributed by atoms with van der Waals surface area (Å²) in [5, 5.41) is 3.27. The van der Waals surface area contributed by atoms with Gasteiger partial charge in [0.15, 0.2) is 18.3 Å². The van der Waals surface area contributed by atoms with E-state index in [1.54, 1.807) is 26.4 Å². The predicted molar refractivity (Wildman–Crippen MR) is 135 cm³/mol. The van der Waals surface area contributed by atoms with E-state index in [9.17, 15) is 4.79 Å². The zero-order chi connectivity index (χ0) is 24.5. The summed E-state index contributed by atoms with van der Waals surface area (Å²) in [5.41, 5.74) is 2.81. The van der Waals surface area contributed by atoms with Crippen LogP contribution in [0.25, 0.3) is 0 Å². The smallest absolute Gasteiger partial charge is 0.251 e. The highest BCUT2D eigenvalue weighted by Gasteiger charge is 2.29. The van der Waals surface area contributed by atoms with Crippen molar-refractivity contribution in [3.8, 4) is 17.2 Å². The van der Waals surface area contributed by atoms with Crippen LogP contribution in [0.1, 0.15) is 53.1 Å². The van der Waals surface area contributed by atoms with Crippen LogP contribution in [0.5, 0.6) is 17.2 Å². The van der Waals surface area contributed by atoms with Crippen LogP contribution in [-0.4, -0.2) is 33.0 Å². The lowest BCUT2D eigenvalue weighted by Crippen LogP contribution is -2.41. The van der Waals surface area contributed by atoms with Gasteiger partial charge in [0.2, 0.25) is 0 Å². The van der Waals surface area contributed by atoms with Crippen molar-refractivity contribution in [3.05, 3.63) is 89.5 Å². The SMILES string of the molecule is COc1ccc(C2CCCCC2NC(=O)c2cccc(OCOCc3ccccc3)c2)cc1OC. The van der Waals surface area contributed by atoms with E-state index in [2.05, 4.69) is 11.4 Å². The molecule has 1 saturated carbocycles. The van der Waals surface area contributed by atoms with Crippen molar-refractivity contribution < 1.29 is 23.7 Å². The normalized spacial score (nSPS) is 17.4. The Morgan fingerprint density at radius 1 is 0.886 bits per heavy atom. The molecule has 1 aliphatic rings. The lowest BCUT2D eigenvalue weighted by molar-refractivity contribution is 0.00500. The fourth-order valence-corrected chi connectivity index (χ4v) is 4.61. The Kier molecular flexibility index (Phi) is 8.63. The van der Waals surface area contributed by atoms with Crippen molar-refractivity contribution in [1.82, 2.24) is 5.32 Å². The van der Waals surface area contributed by atoms with Gasteiger partial charge < -0.3 is 24.3 Å². The Balaban J connectivity index is 1.37. The molecule has 3 aromatic carbocycles. The summed E-state index contributed by atoms with van der Waals surface area (Å²) in [6, 6.07) is 23.2. The first-order valence-electron chi connectivity index (χ1n) is 12.0. The molecular formula is C29H33NO5. The fraction of sp³-hybridized carbons (Fsp3) is 0.345. The van der Waals surface area contributed by atoms with Crippen molar-refractivity contribution in [3.63, 3.8) is 0 Å². The summed E-state index contributed by atoms with van der Waals surface area (Å²) in [7, 11) is 3.28. The lowest BCUT2D eigenvalue weighted by Gasteiger charge is -2.33. The van der Waals surface area contributed by atoms with Gasteiger partial charge in [0.25, 0.3) is 5.91 Å². The second kappa shape index (κ2) is 12.3. The number of benzene rings is 3. The molecular weight excluding hydrogens is 442 g/mol. The van der Waals surface area contributed by atoms with E-state index in [-0.39, 0.29) is 24.7 Å². The molecule has 2 unspecified atom stereocenters. The van der Waals surface area contributed by atoms with Gasteiger partial charge in [-0.3, -0.25) is 4.79 Å². The minimum atomic E-state index is -0.0990. The van der Waals surface area contributed by atoms with Crippen LogP contribution in [0, 0.1) is 0 Å². The van der Waals surface area contributed by atoms with Crippen LogP contribution in [0.2, 0.25) is 0 Å². The molecule has 1 amide bonds. The topological polar surface area (TPSA) is 66.0 Å². The van der Waals surface area contributed by atoms with E-state index in [0.29, 0.717) is 29.4 Å². The molecule has 0 radical (unpaired) electrons. The Morgan fingerprint density at radius 3 is 2.49 bits per heavy atom. The number of carbonyl (C=O) groups is 1. The molecule has 184 valence electrons. The van der Waals surface area contributed by atoms with Gasteiger partial charge in [-0.05, 0) is 54.3 Å². The van der Waals surface area contributed by atoms with E-state index in [1.165, 1.54) is 0 Å². The number of hydrogen-bond acceptors (Lipinski definition) is 5. The van der Waals surface area contributed by atoms with Gasteiger partial charge in [0, 0.05) is 17.5 Å². The van der Waals surface area contributed by atoms with Gasteiger partial charge in [-0.25, -0.2) is 0 Å². The third kappa shape index (κ3) is 6.55. The second-order valence-electron chi connectivity index (χ2n) is 8.71. The molecule has 1 N–H and O–H groups in total. The third-order valence-electron chi connectivity index (χ3n) is 6.43. The summed E-state index contributed by atoms with van der Waals surface area (Å²) >= 11 is 0. The van der Waals surface area contributed by atoms with Crippen molar-refractivity contribution in [2.75, 3.05) is 21.0 Å². The van der Waals surface area contributed by atoms with Crippen LogP contribution in [-0.2, 0) is 11.3 Å². The largest absolute Gasteiger partial charge is 0.493 e. The first kappa shape index (κ1) is 24.6. The van der Waals surface area contributed by atoms with Gasteiger partial charge in [0.1, 0.15) is 5.75 Å². The average molecular weight is 476 g/mol. The molecule has 0 heterocycles. The van der Waals surface area contributed by atoms with Crippen molar-refractivity contribution >= 4 is 5.91 Å². The van der Waals surface area contributed by atoms with Gasteiger partial charge in [-0.1, -0.05) is 55.3 Å². The van der Waals surface area contributed by atoms with E-state index >= 15 is 0 Å². The molecule has 0 bridgehead atoms. The minimum Gasteiger partial charge on any atom is -0.493 e. The van der Waals surface area contributed by atoms with Gasteiger partial charge >= 0.3 is 0 Å². The first-order valence-corrected chi connectivity index (χ1v) is 12.0. The standard InChI is InChI=1S/C29H33NO5/c1-32-27-16-15-22(18-28(27)33-2)25-13-6-7-14-26(25)30-29(31)23-11-8-12-24(17-23)35-20-34-19-21-9-4-3-5-10-21/h3-5,8-12,15-18,25-26H,6-7,13-14,19-20H2,1-2H3,(H,30,31). The van der Waals surface area contributed by atoms with Gasteiger partial charge in [0.05, 0.1) is 20.8 Å². The van der Waals surface area contributed by atoms with E-state index in [1.807, 2.05) is 54.6 Å². The minimum absolute atomic E-state index is 0.0492. The number of amides is 1. The molecule has 2 atom stereocenters. The molecule has 6 nitrogen and oxygen atoms in total. The zero-order valence-electron chi connectivity index (χ0n) is 20.4. The Bertz CT molecular complexity index is 1100. The molecule has 0 aliphatic heterocycles. The van der Waals surface area contributed by atoms with E-state index in [4.69, 9.17) is 18.9 Å². The van der Waals surface area contributed by atoms with Crippen LogP contribution in [0.4, 0.5) is 0 Å². The average Bonchev–Trinajstić information content (AvgIpc) is 2.92. The molecule has 4 rings (SSSR count). The number of ether oxygens (including phenoxy) is 4. The molecule has 35 heavy (non-hydrogen) atoms. The quantitative estimate of drug-likeness (QED) is 0.300. The van der Waals surface area contributed by atoms with Gasteiger partial charge in [-0.2, -0.15) is 0 Å².